The van der Waals surface area contributed by atoms with Crippen molar-refractivity contribution in [1.29, 1.82) is 0 Å². The molecule has 2 rings (SSSR count). The van der Waals surface area contributed by atoms with Crippen molar-refractivity contribution >= 4 is 5.91 Å². The molecule has 0 aliphatic carbocycles. The molecule has 0 fully saturated rings. The van der Waals surface area contributed by atoms with E-state index >= 15 is 0 Å². The van der Waals surface area contributed by atoms with Gasteiger partial charge in [0.15, 0.2) is 0 Å². The Bertz CT molecular complexity index is 669. The van der Waals surface area contributed by atoms with Crippen LogP contribution in [0, 0.1) is 0 Å². The molecule has 0 aromatic heterocycles. The quantitative estimate of drug-likeness (QED) is 0.899. The topological polar surface area (TPSA) is 40.5 Å². The minimum Gasteiger partial charge on any atom is -0.396 e. The maximum absolute atomic E-state index is 12.6. The van der Waals surface area contributed by atoms with Crippen LogP contribution in [0.4, 0.5) is 13.2 Å². The smallest absolute Gasteiger partial charge is 0.396 e. The first kappa shape index (κ1) is 18.0. The Morgan fingerprint density at radius 2 is 1.67 bits per heavy atom. The van der Waals surface area contributed by atoms with Crippen molar-refractivity contribution in [3.63, 3.8) is 0 Å². The third kappa shape index (κ3) is 4.14. The SMILES string of the molecule is CN(C(=O)c1ccc(C(F)(F)F)cc1)C(CCO)c1ccccc1. The molecule has 24 heavy (non-hydrogen) atoms. The molecule has 0 radical (unpaired) electrons. The van der Waals surface area contributed by atoms with Crippen molar-refractivity contribution in [2.45, 2.75) is 18.6 Å². The van der Waals surface area contributed by atoms with E-state index < -0.39 is 17.6 Å². The van der Waals surface area contributed by atoms with E-state index in [0.717, 1.165) is 17.7 Å². The van der Waals surface area contributed by atoms with Gasteiger partial charge in [0, 0.05) is 19.2 Å². The zero-order valence-corrected chi connectivity index (χ0v) is 13.1. The van der Waals surface area contributed by atoms with Crippen LogP contribution in [0.25, 0.3) is 0 Å². The molecule has 6 heteroatoms. The second-order valence-corrected chi connectivity index (χ2v) is 5.43. The van der Waals surface area contributed by atoms with E-state index in [-0.39, 0.29) is 18.2 Å². The van der Waals surface area contributed by atoms with E-state index in [1.165, 1.54) is 17.0 Å². The lowest BCUT2D eigenvalue weighted by atomic mass is 10.0. The number of aliphatic hydroxyl groups excluding tert-OH is 1. The third-order valence-corrected chi connectivity index (χ3v) is 3.83. The van der Waals surface area contributed by atoms with Gasteiger partial charge in [-0.3, -0.25) is 4.79 Å². The van der Waals surface area contributed by atoms with Gasteiger partial charge >= 0.3 is 6.18 Å². The van der Waals surface area contributed by atoms with Crippen molar-refractivity contribution in [3.8, 4) is 0 Å². The van der Waals surface area contributed by atoms with Gasteiger partial charge in [0.05, 0.1) is 11.6 Å². The van der Waals surface area contributed by atoms with Crippen LogP contribution < -0.4 is 0 Å². The molecule has 1 amide bonds. The lowest BCUT2D eigenvalue weighted by Gasteiger charge is -2.28. The Kier molecular flexibility index (Phi) is 5.62. The van der Waals surface area contributed by atoms with Crippen molar-refractivity contribution in [3.05, 3.63) is 71.3 Å². The number of carbonyl (C=O) groups is 1. The van der Waals surface area contributed by atoms with E-state index in [9.17, 15) is 23.1 Å². The number of nitrogens with zero attached hydrogens (tertiary/aromatic N) is 1. The van der Waals surface area contributed by atoms with Gasteiger partial charge in [-0.05, 0) is 36.2 Å². The summed E-state index contributed by atoms with van der Waals surface area (Å²) in [5.74, 6) is -0.397. The molecule has 0 bridgehead atoms. The minimum atomic E-state index is -4.43. The maximum Gasteiger partial charge on any atom is 0.416 e. The van der Waals surface area contributed by atoms with E-state index in [1.54, 1.807) is 7.05 Å². The fourth-order valence-electron chi connectivity index (χ4n) is 2.53. The summed E-state index contributed by atoms with van der Waals surface area (Å²) in [5, 5.41) is 9.26. The summed E-state index contributed by atoms with van der Waals surface area (Å²) in [6, 6.07) is 13.0. The second kappa shape index (κ2) is 7.49. The van der Waals surface area contributed by atoms with Gasteiger partial charge < -0.3 is 10.0 Å². The summed E-state index contributed by atoms with van der Waals surface area (Å²) in [6.07, 6.45) is -4.09. The molecule has 128 valence electrons. The normalized spacial score (nSPS) is 12.7. The van der Waals surface area contributed by atoms with Gasteiger partial charge in [-0.15, -0.1) is 0 Å². The standard InChI is InChI=1S/C18H18F3NO2/c1-22(16(11-12-23)13-5-3-2-4-6-13)17(24)14-7-9-15(10-8-14)18(19,20)21/h2-10,16,23H,11-12H2,1H3. The first-order valence-electron chi connectivity index (χ1n) is 7.45. The van der Waals surface area contributed by atoms with Gasteiger partial charge in [0.1, 0.15) is 0 Å². The lowest BCUT2D eigenvalue weighted by molar-refractivity contribution is -0.137. The first-order chi connectivity index (χ1) is 11.3. The summed E-state index contributed by atoms with van der Waals surface area (Å²) in [5.41, 5.74) is 0.232. The molecule has 0 spiro atoms. The van der Waals surface area contributed by atoms with Crippen LogP contribution in [0.2, 0.25) is 0 Å². The number of amides is 1. The molecule has 2 aromatic carbocycles. The van der Waals surface area contributed by atoms with Crippen molar-refractivity contribution < 1.29 is 23.1 Å². The highest BCUT2D eigenvalue weighted by Crippen LogP contribution is 2.30. The fourth-order valence-corrected chi connectivity index (χ4v) is 2.53. The fraction of sp³-hybridized carbons (Fsp3) is 0.278. The Morgan fingerprint density at radius 1 is 1.08 bits per heavy atom. The van der Waals surface area contributed by atoms with Crippen LogP contribution in [0.5, 0.6) is 0 Å². The molecule has 0 aliphatic rings. The predicted octanol–water partition coefficient (Wildman–Crippen LogP) is 3.90. The molecule has 0 heterocycles. The summed E-state index contributed by atoms with van der Waals surface area (Å²) in [7, 11) is 1.58. The van der Waals surface area contributed by atoms with Crippen LogP contribution in [-0.2, 0) is 6.18 Å². The zero-order valence-electron chi connectivity index (χ0n) is 13.1. The van der Waals surface area contributed by atoms with E-state index in [4.69, 9.17) is 0 Å². The molecular weight excluding hydrogens is 319 g/mol. The molecule has 1 N–H and O–H groups in total. The average Bonchev–Trinajstić information content (AvgIpc) is 2.58. The third-order valence-electron chi connectivity index (χ3n) is 3.83. The second-order valence-electron chi connectivity index (χ2n) is 5.43. The number of carbonyl (C=O) groups excluding carboxylic acids is 1. The Morgan fingerprint density at radius 3 is 2.17 bits per heavy atom. The molecule has 3 nitrogen and oxygen atoms in total. The number of aliphatic hydroxyl groups is 1. The lowest BCUT2D eigenvalue weighted by Crippen LogP contribution is -2.32. The summed E-state index contributed by atoms with van der Waals surface area (Å²) >= 11 is 0. The Balaban J connectivity index is 2.23. The van der Waals surface area contributed by atoms with Crippen LogP contribution >= 0.6 is 0 Å². The summed E-state index contributed by atoms with van der Waals surface area (Å²) < 4.78 is 37.8. The number of hydrogen-bond donors (Lipinski definition) is 1. The molecule has 0 saturated heterocycles. The van der Waals surface area contributed by atoms with Crippen LogP contribution in [-0.4, -0.2) is 29.6 Å². The van der Waals surface area contributed by atoms with Gasteiger partial charge in [0.2, 0.25) is 0 Å². The van der Waals surface area contributed by atoms with Crippen LogP contribution in [0.15, 0.2) is 54.6 Å². The van der Waals surface area contributed by atoms with Crippen LogP contribution in [0.1, 0.15) is 33.9 Å². The van der Waals surface area contributed by atoms with Crippen molar-refractivity contribution in [2.75, 3.05) is 13.7 Å². The number of halogens is 3. The first-order valence-corrected chi connectivity index (χ1v) is 7.45. The monoisotopic (exact) mass is 337 g/mol. The Hall–Kier alpha value is -2.34. The van der Waals surface area contributed by atoms with Gasteiger partial charge in [-0.25, -0.2) is 0 Å². The maximum atomic E-state index is 12.6. The van der Waals surface area contributed by atoms with Crippen LogP contribution in [0.3, 0.4) is 0 Å². The molecule has 0 aliphatic heterocycles. The molecule has 2 aromatic rings. The molecule has 1 unspecified atom stereocenters. The van der Waals surface area contributed by atoms with Crippen molar-refractivity contribution in [2.24, 2.45) is 0 Å². The van der Waals surface area contributed by atoms with E-state index in [1.807, 2.05) is 30.3 Å². The number of rotatable bonds is 5. The van der Waals surface area contributed by atoms with Gasteiger partial charge in [0.25, 0.3) is 5.91 Å². The molecule has 1 atom stereocenters. The summed E-state index contributed by atoms with van der Waals surface area (Å²) in [6.45, 7) is -0.107. The highest BCUT2D eigenvalue weighted by molar-refractivity contribution is 5.94. The van der Waals surface area contributed by atoms with Crippen molar-refractivity contribution in [1.82, 2.24) is 4.90 Å². The number of benzene rings is 2. The van der Waals surface area contributed by atoms with E-state index in [2.05, 4.69) is 0 Å². The Labute approximate surface area is 138 Å². The van der Waals surface area contributed by atoms with E-state index in [0.29, 0.717) is 6.42 Å². The van der Waals surface area contributed by atoms with Gasteiger partial charge in [-0.2, -0.15) is 13.2 Å². The largest absolute Gasteiger partial charge is 0.416 e. The van der Waals surface area contributed by atoms with Gasteiger partial charge in [-0.1, -0.05) is 30.3 Å². The highest BCUT2D eigenvalue weighted by atomic mass is 19.4. The highest BCUT2D eigenvalue weighted by Gasteiger charge is 2.30. The minimum absolute atomic E-state index is 0.107. The average molecular weight is 337 g/mol. The molecular formula is C18H18F3NO2. The predicted molar refractivity (Wildman–Crippen MR) is 84.4 cm³/mol. The number of alkyl halides is 3. The number of hydrogen-bond acceptors (Lipinski definition) is 2. The zero-order chi connectivity index (χ0) is 17.7. The molecule has 0 saturated carbocycles. The summed E-state index contributed by atoms with van der Waals surface area (Å²) in [4.78, 5) is 14.0.